The van der Waals surface area contributed by atoms with E-state index in [-0.39, 0.29) is 5.91 Å². The molecule has 0 saturated carbocycles. The molecule has 0 radical (unpaired) electrons. The molecule has 0 saturated heterocycles. The molecule has 0 atom stereocenters. The average Bonchev–Trinajstić information content (AvgIpc) is 2.80. The van der Waals surface area contributed by atoms with Crippen molar-refractivity contribution in [2.45, 2.75) is 116 Å². The lowest BCUT2D eigenvalue weighted by atomic mass is 10.0. The van der Waals surface area contributed by atoms with E-state index in [9.17, 15) is 4.79 Å². The topological polar surface area (TPSA) is 38.3 Å². The van der Waals surface area contributed by atoms with Gasteiger partial charge in [-0.1, -0.05) is 102 Å². The van der Waals surface area contributed by atoms with Crippen LogP contribution in [-0.2, 0) is 11.3 Å². The van der Waals surface area contributed by atoms with Crippen molar-refractivity contribution in [2.75, 3.05) is 7.11 Å². The van der Waals surface area contributed by atoms with Crippen LogP contribution >= 0.6 is 0 Å². The van der Waals surface area contributed by atoms with Crippen LogP contribution in [0.3, 0.4) is 0 Å². The number of carbonyl (C=O) groups excluding carboxylic acids is 1. The molecule has 3 nitrogen and oxygen atoms in total. The SMILES string of the molecule is CCCCCCCCCCCCCCC=CCCCC(=O)NCc1cccc(OC)c1. The molecule has 1 N–H and O–H groups in total. The maximum absolute atomic E-state index is 12.0. The largest absolute Gasteiger partial charge is 0.497 e. The lowest BCUT2D eigenvalue weighted by molar-refractivity contribution is -0.121. The summed E-state index contributed by atoms with van der Waals surface area (Å²) >= 11 is 0. The van der Waals surface area contributed by atoms with Gasteiger partial charge >= 0.3 is 0 Å². The fourth-order valence-corrected chi connectivity index (χ4v) is 3.79. The lowest BCUT2D eigenvalue weighted by Gasteiger charge is -2.06. The Hall–Kier alpha value is -1.77. The average molecular weight is 430 g/mol. The first kappa shape index (κ1) is 27.3. The number of carbonyl (C=O) groups is 1. The van der Waals surface area contributed by atoms with Crippen molar-refractivity contribution < 1.29 is 9.53 Å². The highest BCUT2D eigenvalue weighted by molar-refractivity contribution is 5.75. The van der Waals surface area contributed by atoms with Gasteiger partial charge in [-0.3, -0.25) is 4.79 Å². The van der Waals surface area contributed by atoms with E-state index >= 15 is 0 Å². The van der Waals surface area contributed by atoms with E-state index in [2.05, 4.69) is 24.4 Å². The van der Waals surface area contributed by atoms with E-state index < -0.39 is 0 Å². The lowest BCUT2D eigenvalue weighted by Crippen LogP contribution is -2.22. The predicted molar refractivity (Wildman–Crippen MR) is 134 cm³/mol. The number of nitrogens with one attached hydrogen (secondary N) is 1. The summed E-state index contributed by atoms with van der Waals surface area (Å²) in [6, 6.07) is 7.82. The van der Waals surface area contributed by atoms with Crippen LogP contribution in [0, 0.1) is 0 Å². The Kier molecular flexibility index (Phi) is 17.7. The number of amides is 1. The summed E-state index contributed by atoms with van der Waals surface area (Å²) in [7, 11) is 1.66. The van der Waals surface area contributed by atoms with E-state index in [0.717, 1.165) is 24.2 Å². The molecule has 0 heterocycles. The highest BCUT2D eigenvalue weighted by Crippen LogP contribution is 2.13. The van der Waals surface area contributed by atoms with Gasteiger partial charge in [0.25, 0.3) is 0 Å². The number of hydrogen-bond acceptors (Lipinski definition) is 2. The number of rotatable bonds is 20. The van der Waals surface area contributed by atoms with Gasteiger partial charge in [0.05, 0.1) is 7.11 Å². The Morgan fingerprint density at radius 1 is 0.839 bits per heavy atom. The van der Waals surface area contributed by atoms with Gasteiger partial charge in [-0.2, -0.15) is 0 Å². The van der Waals surface area contributed by atoms with Crippen molar-refractivity contribution in [3.8, 4) is 5.75 Å². The molecule has 1 amide bonds. The molecule has 1 rings (SSSR count). The van der Waals surface area contributed by atoms with Gasteiger partial charge in [-0.05, 0) is 43.4 Å². The number of hydrogen-bond donors (Lipinski definition) is 1. The van der Waals surface area contributed by atoms with Crippen LogP contribution in [0.1, 0.15) is 115 Å². The van der Waals surface area contributed by atoms with E-state index in [1.54, 1.807) is 7.11 Å². The Labute approximate surface area is 192 Å². The van der Waals surface area contributed by atoms with Gasteiger partial charge in [-0.25, -0.2) is 0 Å². The van der Waals surface area contributed by atoms with Crippen LogP contribution in [0.5, 0.6) is 5.75 Å². The van der Waals surface area contributed by atoms with Gasteiger partial charge in [0.2, 0.25) is 5.91 Å². The number of benzene rings is 1. The Balaban J connectivity index is 1.86. The second-order valence-electron chi connectivity index (χ2n) is 8.67. The van der Waals surface area contributed by atoms with Crippen molar-refractivity contribution in [2.24, 2.45) is 0 Å². The molecule has 1 aromatic rings. The van der Waals surface area contributed by atoms with E-state index in [4.69, 9.17) is 4.74 Å². The molecule has 0 aromatic heterocycles. The monoisotopic (exact) mass is 429 g/mol. The van der Waals surface area contributed by atoms with Crippen molar-refractivity contribution in [3.63, 3.8) is 0 Å². The number of methoxy groups -OCH3 is 1. The summed E-state index contributed by atoms with van der Waals surface area (Å²) < 4.78 is 5.21. The maximum atomic E-state index is 12.0. The zero-order valence-electron chi connectivity index (χ0n) is 20.3. The summed E-state index contributed by atoms with van der Waals surface area (Å²) in [5.41, 5.74) is 1.06. The third-order valence-electron chi connectivity index (χ3n) is 5.79. The number of ether oxygens (including phenoxy) is 1. The zero-order chi connectivity index (χ0) is 22.4. The van der Waals surface area contributed by atoms with Crippen molar-refractivity contribution >= 4 is 5.91 Å². The number of allylic oxidation sites excluding steroid dienone is 2. The number of unbranched alkanes of at least 4 members (excludes halogenated alkanes) is 13. The van der Waals surface area contributed by atoms with E-state index in [1.165, 1.54) is 83.5 Å². The van der Waals surface area contributed by atoms with Crippen molar-refractivity contribution in [1.82, 2.24) is 5.32 Å². The normalized spacial score (nSPS) is 11.2. The fourth-order valence-electron chi connectivity index (χ4n) is 3.79. The molecule has 0 aliphatic rings. The van der Waals surface area contributed by atoms with Gasteiger partial charge in [0, 0.05) is 13.0 Å². The minimum Gasteiger partial charge on any atom is -0.497 e. The van der Waals surface area contributed by atoms with Gasteiger partial charge < -0.3 is 10.1 Å². The third kappa shape index (κ3) is 16.6. The second kappa shape index (κ2) is 20.2. The summed E-state index contributed by atoms with van der Waals surface area (Å²) in [6.07, 6.45) is 25.0. The van der Waals surface area contributed by atoms with Gasteiger partial charge in [-0.15, -0.1) is 0 Å². The molecule has 1 aromatic carbocycles. The molecular formula is C28H47NO2. The van der Waals surface area contributed by atoms with Crippen LogP contribution < -0.4 is 10.1 Å². The first-order chi connectivity index (χ1) is 15.3. The second-order valence-corrected chi connectivity index (χ2v) is 8.67. The Morgan fingerprint density at radius 2 is 1.42 bits per heavy atom. The molecule has 0 aliphatic heterocycles. The summed E-state index contributed by atoms with van der Waals surface area (Å²) in [4.78, 5) is 12.0. The van der Waals surface area contributed by atoms with Crippen LogP contribution in [-0.4, -0.2) is 13.0 Å². The standard InChI is InChI=1S/C28H47NO2/c1-3-4-5-6-7-8-9-10-11-12-13-14-15-16-17-18-19-23-28(30)29-25-26-21-20-22-27(24-26)31-2/h16-17,20-22,24H,3-15,18-19,23,25H2,1-2H3,(H,29,30). The van der Waals surface area contributed by atoms with Crippen LogP contribution in [0.25, 0.3) is 0 Å². The van der Waals surface area contributed by atoms with Gasteiger partial charge in [0.15, 0.2) is 0 Å². The minimum atomic E-state index is 0.122. The minimum absolute atomic E-state index is 0.122. The quantitative estimate of drug-likeness (QED) is 0.168. The summed E-state index contributed by atoms with van der Waals surface area (Å²) in [5, 5.41) is 2.99. The molecule has 176 valence electrons. The maximum Gasteiger partial charge on any atom is 0.220 e. The van der Waals surface area contributed by atoms with Crippen molar-refractivity contribution in [3.05, 3.63) is 42.0 Å². The molecule has 0 aliphatic carbocycles. The van der Waals surface area contributed by atoms with Crippen LogP contribution in [0.15, 0.2) is 36.4 Å². The molecule has 0 spiro atoms. The first-order valence-corrected chi connectivity index (χ1v) is 12.8. The fraction of sp³-hybridized carbons (Fsp3) is 0.679. The zero-order valence-corrected chi connectivity index (χ0v) is 20.3. The van der Waals surface area contributed by atoms with E-state index in [0.29, 0.717) is 13.0 Å². The van der Waals surface area contributed by atoms with Crippen molar-refractivity contribution in [1.29, 1.82) is 0 Å². The molecule has 0 bridgehead atoms. The highest BCUT2D eigenvalue weighted by Gasteiger charge is 2.01. The Morgan fingerprint density at radius 3 is 2.03 bits per heavy atom. The molecule has 0 fully saturated rings. The summed E-state index contributed by atoms with van der Waals surface area (Å²) in [6.45, 7) is 2.84. The van der Waals surface area contributed by atoms with Gasteiger partial charge in [0.1, 0.15) is 5.75 Å². The molecule has 0 unspecified atom stereocenters. The Bertz CT molecular complexity index is 582. The summed E-state index contributed by atoms with van der Waals surface area (Å²) in [5.74, 6) is 0.947. The third-order valence-corrected chi connectivity index (χ3v) is 5.79. The molecule has 31 heavy (non-hydrogen) atoms. The predicted octanol–water partition coefficient (Wildman–Crippen LogP) is 8.13. The first-order valence-electron chi connectivity index (χ1n) is 12.8. The highest BCUT2D eigenvalue weighted by atomic mass is 16.5. The molecule has 3 heteroatoms. The van der Waals surface area contributed by atoms with Crippen LogP contribution in [0.4, 0.5) is 0 Å². The van der Waals surface area contributed by atoms with Crippen LogP contribution in [0.2, 0.25) is 0 Å². The van der Waals surface area contributed by atoms with E-state index in [1.807, 2.05) is 24.3 Å². The molecular weight excluding hydrogens is 382 g/mol. The smallest absolute Gasteiger partial charge is 0.220 e.